The third-order valence-electron chi connectivity index (χ3n) is 13.8. The van der Waals surface area contributed by atoms with Gasteiger partial charge in [-0.2, -0.15) is 0 Å². The van der Waals surface area contributed by atoms with E-state index in [1.807, 2.05) is 33.0 Å². The van der Waals surface area contributed by atoms with E-state index in [1.54, 1.807) is 65.5 Å². The van der Waals surface area contributed by atoms with E-state index in [0.29, 0.717) is 60.6 Å². The maximum atomic E-state index is 14.0. The van der Waals surface area contributed by atoms with Crippen molar-refractivity contribution in [2.24, 2.45) is 0 Å². The van der Waals surface area contributed by atoms with Crippen molar-refractivity contribution in [2.45, 2.75) is 98.8 Å². The van der Waals surface area contributed by atoms with Crippen LogP contribution in [0.4, 0.5) is 30.6 Å². The van der Waals surface area contributed by atoms with Crippen molar-refractivity contribution in [1.29, 1.82) is 0 Å². The number of benzene rings is 3. The van der Waals surface area contributed by atoms with Crippen molar-refractivity contribution >= 4 is 67.1 Å². The number of amides is 2. The van der Waals surface area contributed by atoms with Gasteiger partial charge >= 0.3 is 5.97 Å². The van der Waals surface area contributed by atoms with Gasteiger partial charge in [-0.1, -0.05) is 36.2 Å². The topological polar surface area (TPSA) is 312 Å². The van der Waals surface area contributed by atoms with E-state index in [2.05, 4.69) is 74.5 Å². The van der Waals surface area contributed by atoms with Gasteiger partial charge < -0.3 is 65.2 Å². The molecule has 3 aromatic carbocycles. The van der Waals surface area contributed by atoms with Gasteiger partial charge in [-0.15, -0.1) is 0 Å². The molecular formula is C63H67Br2F3N12O10. The minimum atomic E-state index is -1.15. The van der Waals surface area contributed by atoms with Crippen LogP contribution in [0.25, 0.3) is 11.1 Å². The van der Waals surface area contributed by atoms with Gasteiger partial charge in [0.05, 0.1) is 47.8 Å². The van der Waals surface area contributed by atoms with Crippen molar-refractivity contribution in [3.63, 3.8) is 0 Å². The number of fused-ring (bicyclic) bond motifs is 5. The number of ether oxygens (including phenoxy) is 3. The van der Waals surface area contributed by atoms with Crippen LogP contribution in [0, 0.1) is 17.5 Å². The van der Waals surface area contributed by atoms with Crippen LogP contribution in [-0.4, -0.2) is 84.3 Å². The molecule has 7 heterocycles. The zero-order chi connectivity index (χ0) is 65.5. The molecule has 0 unspecified atom stereocenters. The molecule has 22 nitrogen and oxygen atoms in total. The number of nitrogen functional groups attached to an aromatic ring is 3. The number of aromatic carboxylic acids is 1. The van der Waals surface area contributed by atoms with E-state index in [9.17, 15) is 27.6 Å². The zero-order valence-corrected chi connectivity index (χ0v) is 53.8. The van der Waals surface area contributed by atoms with Crippen LogP contribution in [0.15, 0.2) is 126 Å². The van der Waals surface area contributed by atoms with Gasteiger partial charge in [0.1, 0.15) is 35.8 Å². The molecule has 0 spiro atoms. The number of nitrogens with one attached hydrogen (secondary N) is 1. The highest BCUT2D eigenvalue weighted by Crippen LogP contribution is 2.37. The number of hydrogen-bond donors (Lipinski definition) is 5. The van der Waals surface area contributed by atoms with Crippen molar-refractivity contribution in [1.82, 2.24) is 45.5 Å². The fourth-order valence-corrected chi connectivity index (χ4v) is 9.73. The molecule has 0 radical (unpaired) electrons. The SMILES string of the molecule is CCc1cc(CN(C)C(=O)c2ccc(F)cc2[C@@H](C)Oc2cc(Br)cnc2N)on1.CCc1cc(CNC)on1.CCc1noc2c1-c1cnc(N)c(c1)O[C@H](C)c1cc(F)ccc1C(=O)N(C)C2.C[C@@H](Oc1cc(Br)cnc1N)c1cc(F)ccc1C(=O)O. The standard InChI is InChI=1S/C21H22BrFN4O3.C21H21FN4O3.C14H12BrFN2O3.C7H12N2O/c1-4-15-9-16(30-26-15)11-27(3)21(28)17-6-5-14(23)8-18(17)12(2)29-19-7-13(22)10-25-20(19)24;1-4-16-19-12-7-17(20(23)24-9-12)28-11(2)15-8-13(22)5-6-14(15)21(27)26(3)10-18(19)29-25-16;1-7(21-12-4-8(15)6-18-13(12)17)11-5-9(16)2-3-10(11)14(19)20;1-3-6-4-7(5-8-2)10-9-6/h5-10,12H,4,11H2,1-3H3,(H2,24,25);5-9,11H,4,10H2,1-3H3,(H2,23,24);2-7H,1H3,(H2,17,18)(H,19,20);4,8H,3,5H2,1-2H3/t12-;11-;7-;/m111./s1. The Morgan fingerprint density at radius 2 is 1.27 bits per heavy atom. The largest absolute Gasteiger partial charge is 0.482 e. The molecule has 3 atom stereocenters. The van der Waals surface area contributed by atoms with E-state index >= 15 is 0 Å². The number of aromatic nitrogens is 6. The number of carbonyl (C=O) groups excluding carboxylic acids is 2. The second-order valence-electron chi connectivity index (χ2n) is 20.4. The molecule has 10 rings (SSSR count). The highest BCUT2D eigenvalue weighted by molar-refractivity contribution is 9.10. The molecule has 27 heteroatoms. The molecule has 6 aromatic heterocycles. The van der Waals surface area contributed by atoms with Crippen LogP contribution >= 0.6 is 31.9 Å². The van der Waals surface area contributed by atoms with Crippen molar-refractivity contribution in [3.05, 3.63) is 198 Å². The number of halogens is 5. The first kappa shape index (κ1) is 68.2. The van der Waals surface area contributed by atoms with E-state index in [1.165, 1.54) is 58.5 Å². The molecule has 1 aliphatic rings. The number of anilines is 3. The summed E-state index contributed by atoms with van der Waals surface area (Å²) in [5.74, 6) is 0.370. The van der Waals surface area contributed by atoms with Crippen LogP contribution in [0.1, 0.15) is 142 Å². The number of nitrogens with zero attached hydrogens (tertiary/aromatic N) is 8. The van der Waals surface area contributed by atoms with Gasteiger partial charge in [0.2, 0.25) is 0 Å². The van der Waals surface area contributed by atoms with Crippen LogP contribution in [0.5, 0.6) is 17.2 Å². The Morgan fingerprint density at radius 1 is 0.733 bits per heavy atom. The summed E-state index contributed by atoms with van der Waals surface area (Å²) < 4.78 is 76.0. The van der Waals surface area contributed by atoms with Gasteiger partial charge in [0, 0.05) is 87.1 Å². The summed E-state index contributed by atoms with van der Waals surface area (Å²) in [6, 6.07) is 20.3. The normalized spacial score (nSPS) is 13.2. The average Bonchev–Trinajstić information content (AvgIpc) is 1.67. The molecule has 8 N–H and O–H groups in total. The minimum absolute atomic E-state index is 0.0228. The predicted molar refractivity (Wildman–Crippen MR) is 336 cm³/mol. The second-order valence-corrected chi connectivity index (χ2v) is 22.2. The summed E-state index contributed by atoms with van der Waals surface area (Å²) in [7, 11) is 5.19. The summed E-state index contributed by atoms with van der Waals surface area (Å²) in [4.78, 5) is 52.6. The predicted octanol–water partition coefficient (Wildman–Crippen LogP) is 12.6. The summed E-state index contributed by atoms with van der Waals surface area (Å²) in [5, 5.41) is 24.1. The smallest absolute Gasteiger partial charge is 0.336 e. The molecule has 0 fully saturated rings. The second kappa shape index (κ2) is 31.2. The van der Waals surface area contributed by atoms with Crippen molar-refractivity contribution in [2.75, 3.05) is 38.3 Å². The number of carboxylic acids is 1. The van der Waals surface area contributed by atoms with Crippen molar-refractivity contribution < 1.29 is 60.4 Å². The van der Waals surface area contributed by atoms with E-state index in [-0.39, 0.29) is 59.2 Å². The average molecular weight is 1370 g/mol. The quantitative estimate of drug-likeness (QED) is 0.0637. The Balaban J connectivity index is 0.000000180. The van der Waals surface area contributed by atoms with Crippen molar-refractivity contribution in [3.8, 4) is 28.4 Å². The molecule has 1 aliphatic heterocycles. The molecule has 0 saturated carbocycles. The number of hydrogen-bond acceptors (Lipinski definition) is 19. The monoisotopic (exact) mass is 1370 g/mol. The molecule has 474 valence electrons. The number of carboxylic acid groups (broad SMARTS) is 1. The lowest BCUT2D eigenvalue weighted by Gasteiger charge is -2.23. The number of rotatable bonds is 15. The number of aryl methyl sites for hydroxylation is 3. The Hall–Kier alpha value is -9.34. The zero-order valence-electron chi connectivity index (χ0n) is 50.6. The first-order chi connectivity index (χ1) is 42.9. The molecule has 9 aromatic rings. The van der Waals surface area contributed by atoms with Gasteiger partial charge in [-0.3, -0.25) is 9.59 Å². The Labute approximate surface area is 533 Å². The number of nitrogens with two attached hydrogens (primary N) is 3. The maximum Gasteiger partial charge on any atom is 0.336 e. The maximum absolute atomic E-state index is 14.0. The van der Waals surface area contributed by atoms with Gasteiger partial charge in [-0.25, -0.2) is 32.9 Å². The highest BCUT2D eigenvalue weighted by Gasteiger charge is 2.28. The number of pyridine rings is 3. The first-order valence-electron chi connectivity index (χ1n) is 28.1. The van der Waals surface area contributed by atoms with Gasteiger partial charge in [0.25, 0.3) is 11.8 Å². The molecule has 0 aliphatic carbocycles. The fraction of sp³-hybridized carbons (Fsp3) is 0.286. The van der Waals surface area contributed by atoms with Crippen LogP contribution < -0.4 is 36.7 Å². The highest BCUT2D eigenvalue weighted by atomic mass is 79.9. The first-order valence-corrected chi connectivity index (χ1v) is 29.7. The summed E-state index contributed by atoms with van der Waals surface area (Å²) >= 11 is 6.56. The summed E-state index contributed by atoms with van der Waals surface area (Å²) in [6.45, 7) is 12.3. The summed E-state index contributed by atoms with van der Waals surface area (Å²) in [6.07, 6.45) is 5.04. The lowest BCUT2D eigenvalue weighted by Crippen LogP contribution is -2.28. The number of carbonyl (C=O) groups is 3. The Morgan fingerprint density at radius 3 is 1.82 bits per heavy atom. The Kier molecular flexibility index (Phi) is 23.6. The Bertz CT molecular complexity index is 3980. The third kappa shape index (κ3) is 17.5. The van der Waals surface area contributed by atoms with Crippen LogP contribution in [-0.2, 0) is 38.9 Å². The molecule has 2 amide bonds. The third-order valence-corrected chi connectivity index (χ3v) is 14.6. The fourth-order valence-electron chi connectivity index (χ4n) is 9.11. The molecular weight excluding hydrogens is 1300 g/mol. The summed E-state index contributed by atoms with van der Waals surface area (Å²) in [5.41, 5.74) is 23.4. The van der Waals surface area contributed by atoms with Gasteiger partial charge in [-0.05, 0) is 152 Å². The van der Waals surface area contributed by atoms with Crippen LogP contribution in [0.3, 0.4) is 0 Å². The van der Waals surface area contributed by atoms with E-state index < -0.39 is 41.7 Å². The van der Waals surface area contributed by atoms with E-state index in [0.717, 1.165) is 65.5 Å². The molecule has 0 saturated heterocycles. The van der Waals surface area contributed by atoms with Crippen LogP contribution in [0.2, 0.25) is 0 Å². The lowest BCUT2D eigenvalue weighted by molar-refractivity contribution is 0.0690. The van der Waals surface area contributed by atoms with E-state index in [4.69, 9.17) is 50.1 Å². The lowest BCUT2D eigenvalue weighted by atomic mass is 10.00. The van der Waals surface area contributed by atoms with Gasteiger partial charge in [0.15, 0.2) is 52.0 Å². The minimum Gasteiger partial charge on any atom is -0.482 e. The molecule has 2 bridgehead atoms. The molecule has 90 heavy (non-hydrogen) atoms.